The zero-order chi connectivity index (χ0) is 17.7. The maximum atomic E-state index is 11.9. The van der Waals surface area contributed by atoms with Crippen LogP contribution in [0, 0.1) is 11.3 Å². The lowest BCUT2D eigenvalue weighted by Gasteiger charge is -2.32. The Morgan fingerprint density at radius 3 is 2.43 bits per heavy atom. The summed E-state index contributed by atoms with van der Waals surface area (Å²) < 4.78 is 12.1. The smallest absolute Gasteiger partial charge is 0.435 e. The molecule has 1 unspecified atom stereocenters. The third-order valence-electron chi connectivity index (χ3n) is 4.37. The van der Waals surface area contributed by atoms with E-state index in [0.29, 0.717) is 23.8 Å². The van der Waals surface area contributed by atoms with Crippen molar-refractivity contribution in [1.82, 2.24) is 9.78 Å². The molecule has 1 heterocycles. The molecule has 0 aliphatic carbocycles. The molecule has 132 valence electrons. The molecule has 0 spiro atoms. The van der Waals surface area contributed by atoms with E-state index in [4.69, 9.17) is 9.47 Å². The maximum Gasteiger partial charge on any atom is 0.435 e. The van der Waals surface area contributed by atoms with Gasteiger partial charge in [-0.2, -0.15) is 4.68 Å². The van der Waals surface area contributed by atoms with Crippen LogP contribution < -0.4 is 4.74 Å². The van der Waals surface area contributed by atoms with Crippen LogP contribution in [-0.2, 0) is 4.74 Å². The van der Waals surface area contributed by atoms with Gasteiger partial charge in [0.2, 0.25) is 5.88 Å². The Morgan fingerprint density at radius 2 is 1.91 bits per heavy atom. The number of rotatable bonds is 7. The van der Waals surface area contributed by atoms with Crippen LogP contribution in [0.2, 0.25) is 0 Å². The highest BCUT2D eigenvalue weighted by atomic mass is 16.6. The molecule has 1 atom stereocenters. The molecule has 0 radical (unpaired) electrons. The molecule has 0 aliphatic heterocycles. The van der Waals surface area contributed by atoms with Gasteiger partial charge in [-0.05, 0) is 38.5 Å². The minimum absolute atomic E-state index is 0.313. The first-order chi connectivity index (χ1) is 10.6. The van der Waals surface area contributed by atoms with Crippen LogP contribution in [0.3, 0.4) is 0 Å². The van der Waals surface area contributed by atoms with Crippen LogP contribution in [0.4, 0.5) is 4.79 Å². The third kappa shape index (κ3) is 6.24. The van der Waals surface area contributed by atoms with Crippen LogP contribution in [-0.4, -0.2) is 28.1 Å². The molecule has 5 nitrogen and oxygen atoms in total. The summed E-state index contributed by atoms with van der Waals surface area (Å²) in [5.41, 5.74) is -0.224. The fourth-order valence-corrected chi connectivity index (χ4v) is 2.54. The summed E-state index contributed by atoms with van der Waals surface area (Å²) in [5, 5.41) is 4.12. The number of hydrogen-bond acceptors (Lipinski definition) is 4. The molecule has 0 saturated carbocycles. The minimum Gasteiger partial charge on any atom is -0.477 e. The molecule has 0 saturated heterocycles. The highest BCUT2D eigenvalue weighted by Crippen LogP contribution is 2.35. The van der Waals surface area contributed by atoms with E-state index in [2.05, 4.69) is 32.8 Å². The average Bonchev–Trinajstić information content (AvgIpc) is 2.90. The molecular formula is C18H32N2O3. The number of aromatic nitrogens is 2. The van der Waals surface area contributed by atoms with Crippen LogP contribution in [0.5, 0.6) is 5.88 Å². The SMILES string of the molecule is CCC(CCOc1ccn(C(=O)OC(C)(C)C)n1)C(C)(C)CC. The van der Waals surface area contributed by atoms with E-state index in [0.717, 1.165) is 19.3 Å². The third-order valence-corrected chi connectivity index (χ3v) is 4.37. The molecule has 23 heavy (non-hydrogen) atoms. The second-order valence-corrected chi connectivity index (χ2v) is 7.66. The molecule has 0 amide bonds. The zero-order valence-corrected chi connectivity index (χ0v) is 15.7. The first-order valence-corrected chi connectivity index (χ1v) is 8.51. The zero-order valence-electron chi connectivity index (χ0n) is 15.7. The summed E-state index contributed by atoms with van der Waals surface area (Å²) >= 11 is 0. The maximum absolute atomic E-state index is 11.9. The summed E-state index contributed by atoms with van der Waals surface area (Å²) in [6.45, 7) is 15.1. The van der Waals surface area contributed by atoms with Gasteiger partial charge in [-0.25, -0.2) is 4.79 Å². The number of hydrogen-bond donors (Lipinski definition) is 0. The number of nitrogens with zero attached hydrogens (tertiary/aromatic N) is 2. The van der Waals surface area contributed by atoms with Gasteiger partial charge in [-0.1, -0.05) is 40.5 Å². The second kappa shape index (κ2) is 7.84. The van der Waals surface area contributed by atoms with Gasteiger partial charge < -0.3 is 9.47 Å². The van der Waals surface area contributed by atoms with Crippen molar-refractivity contribution in [1.29, 1.82) is 0 Å². The van der Waals surface area contributed by atoms with Crippen molar-refractivity contribution in [3.8, 4) is 5.88 Å². The lowest BCUT2D eigenvalue weighted by molar-refractivity contribution is 0.0511. The molecule has 0 aromatic carbocycles. The van der Waals surface area contributed by atoms with Crippen molar-refractivity contribution >= 4 is 6.09 Å². The van der Waals surface area contributed by atoms with Crippen LogP contribution >= 0.6 is 0 Å². The Kier molecular flexibility index (Phi) is 6.66. The molecule has 0 aliphatic rings. The van der Waals surface area contributed by atoms with Gasteiger partial charge in [0, 0.05) is 12.3 Å². The monoisotopic (exact) mass is 324 g/mol. The normalized spacial score (nSPS) is 13.7. The van der Waals surface area contributed by atoms with Crippen LogP contribution in [0.25, 0.3) is 0 Å². The van der Waals surface area contributed by atoms with E-state index >= 15 is 0 Å². The van der Waals surface area contributed by atoms with Crippen molar-refractivity contribution in [3.05, 3.63) is 12.3 Å². The highest BCUT2D eigenvalue weighted by Gasteiger charge is 2.26. The summed E-state index contributed by atoms with van der Waals surface area (Å²) in [5.74, 6) is 1.07. The van der Waals surface area contributed by atoms with Gasteiger partial charge in [0.1, 0.15) is 5.60 Å². The predicted octanol–water partition coefficient (Wildman–Crippen LogP) is 4.90. The molecule has 0 bridgehead atoms. The summed E-state index contributed by atoms with van der Waals surface area (Å²) in [4.78, 5) is 11.9. The van der Waals surface area contributed by atoms with Crippen molar-refractivity contribution in [2.24, 2.45) is 11.3 Å². The Hall–Kier alpha value is -1.52. The lowest BCUT2D eigenvalue weighted by Crippen LogP contribution is -2.27. The van der Waals surface area contributed by atoms with Crippen molar-refractivity contribution in [2.75, 3.05) is 6.61 Å². The second-order valence-electron chi connectivity index (χ2n) is 7.66. The van der Waals surface area contributed by atoms with Gasteiger partial charge in [0.25, 0.3) is 0 Å². The van der Waals surface area contributed by atoms with Gasteiger partial charge in [-0.3, -0.25) is 0 Å². The van der Waals surface area contributed by atoms with Crippen LogP contribution in [0.15, 0.2) is 12.3 Å². The highest BCUT2D eigenvalue weighted by molar-refractivity contribution is 5.69. The van der Waals surface area contributed by atoms with Crippen molar-refractivity contribution < 1.29 is 14.3 Å². The summed E-state index contributed by atoms with van der Waals surface area (Å²) in [6, 6.07) is 1.69. The fraction of sp³-hybridized carbons (Fsp3) is 0.778. The average molecular weight is 324 g/mol. The van der Waals surface area contributed by atoms with E-state index in [1.54, 1.807) is 12.3 Å². The van der Waals surface area contributed by atoms with E-state index in [1.165, 1.54) is 4.68 Å². The number of carbonyl (C=O) groups excluding carboxylic acids is 1. The Balaban J connectivity index is 2.52. The van der Waals surface area contributed by atoms with E-state index in [9.17, 15) is 4.79 Å². The largest absolute Gasteiger partial charge is 0.477 e. The topological polar surface area (TPSA) is 53.4 Å². The molecule has 1 aromatic heterocycles. The standard InChI is InChI=1S/C18H32N2O3/c1-8-14(18(6,7)9-2)11-13-22-15-10-12-20(19-15)16(21)23-17(3,4)5/h10,12,14H,8-9,11,13H2,1-7H3. The van der Waals surface area contributed by atoms with E-state index in [1.807, 2.05) is 20.8 Å². The molecule has 1 aromatic rings. The van der Waals surface area contributed by atoms with Crippen molar-refractivity contribution in [2.45, 2.75) is 73.3 Å². The van der Waals surface area contributed by atoms with Gasteiger partial charge in [-0.15, -0.1) is 5.10 Å². The van der Waals surface area contributed by atoms with E-state index in [-0.39, 0.29) is 0 Å². The molecule has 0 fully saturated rings. The number of carbonyl (C=O) groups is 1. The first-order valence-electron chi connectivity index (χ1n) is 8.51. The lowest BCUT2D eigenvalue weighted by atomic mass is 9.74. The number of ether oxygens (including phenoxy) is 2. The van der Waals surface area contributed by atoms with Gasteiger partial charge in [0.15, 0.2) is 0 Å². The Morgan fingerprint density at radius 1 is 1.26 bits per heavy atom. The fourth-order valence-electron chi connectivity index (χ4n) is 2.54. The molecular weight excluding hydrogens is 292 g/mol. The first kappa shape index (κ1) is 19.5. The summed E-state index contributed by atoms with van der Waals surface area (Å²) in [6.07, 6.45) is 4.34. The quantitative estimate of drug-likeness (QED) is 0.716. The molecule has 1 rings (SSSR count). The van der Waals surface area contributed by atoms with Crippen molar-refractivity contribution in [3.63, 3.8) is 0 Å². The Bertz CT molecular complexity index is 501. The molecule has 5 heteroatoms. The Labute approximate surface area is 140 Å². The predicted molar refractivity (Wildman–Crippen MR) is 91.8 cm³/mol. The van der Waals surface area contributed by atoms with Gasteiger partial charge in [0.05, 0.1) is 6.61 Å². The van der Waals surface area contributed by atoms with Gasteiger partial charge >= 0.3 is 6.09 Å². The molecule has 0 N–H and O–H groups in total. The van der Waals surface area contributed by atoms with E-state index < -0.39 is 11.7 Å². The minimum atomic E-state index is -0.538. The summed E-state index contributed by atoms with van der Waals surface area (Å²) in [7, 11) is 0. The van der Waals surface area contributed by atoms with Crippen LogP contribution in [0.1, 0.15) is 67.7 Å².